The second-order valence-corrected chi connectivity index (χ2v) is 4.73. The maximum absolute atomic E-state index is 12.1. The van der Waals surface area contributed by atoms with E-state index in [1.807, 2.05) is 6.07 Å². The summed E-state index contributed by atoms with van der Waals surface area (Å²) >= 11 is 0. The molecule has 0 atom stereocenters. The summed E-state index contributed by atoms with van der Waals surface area (Å²) in [5.41, 5.74) is 5.04. The molecule has 0 radical (unpaired) electrons. The highest BCUT2D eigenvalue weighted by atomic mass is 16.6. The number of esters is 1. The number of aromatic nitrogens is 1. The molecule has 0 aliphatic heterocycles. The molecule has 1 aromatic carbocycles. The van der Waals surface area contributed by atoms with Crippen LogP contribution in [-0.4, -0.2) is 36.8 Å². The van der Waals surface area contributed by atoms with Gasteiger partial charge in [-0.2, -0.15) is 5.26 Å². The summed E-state index contributed by atoms with van der Waals surface area (Å²) in [6, 6.07) is 4.28. The summed E-state index contributed by atoms with van der Waals surface area (Å²) in [7, 11) is 3.83. The van der Waals surface area contributed by atoms with Crippen LogP contribution in [0.3, 0.4) is 0 Å². The largest absolute Gasteiger partial charge is 0.493 e. The second kappa shape index (κ2) is 6.79. The van der Waals surface area contributed by atoms with Crippen molar-refractivity contribution in [3.05, 3.63) is 39.7 Å². The van der Waals surface area contributed by atoms with Gasteiger partial charge in [-0.15, -0.1) is 0 Å². The SMILES string of the molecule is COC(=O)c1c(N)c(C#N)cn1-c1cc(OC)c(OC)cc1[N+](=O)[O-]. The molecule has 2 rings (SSSR count). The Labute approximate surface area is 142 Å². The fourth-order valence-electron chi connectivity index (χ4n) is 2.30. The van der Waals surface area contributed by atoms with Crippen LogP contribution in [0.25, 0.3) is 5.69 Å². The number of nitrogens with two attached hydrogens (primary N) is 1. The fourth-order valence-corrected chi connectivity index (χ4v) is 2.30. The van der Waals surface area contributed by atoms with Crippen LogP contribution in [0.4, 0.5) is 11.4 Å². The number of nitro benzene ring substituents is 1. The molecular formula is C15H14N4O6. The minimum Gasteiger partial charge on any atom is -0.493 e. The van der Waals surface area contributed by atoms with Gasteiger partial charge in [-0.25, -0.2) is 4.79 Å². The lowest BCUT2D eigenvalue weighted by molar-refractivity contribution is -0.384. The van der Waals surface area contributed by atoms with Crippen molar-refractivity contribution in [3.63, 3.8) is 0 Å². The Bertz CT molecular complexity index is 896. The van der Waals surface area contributed by atoms with Crippen molar-refractivity contribution < 1.29 is 23.9 Å². The monoisotopic (exact) mass is 346 g/mol. The Balaban J connectivity index is 2.88. The maximum atomic E-state index is 12.1. The van der Waals surface area contributed by atoms with Gasteiger partial charge in [0.25, 0.3) is 5.69 Å². The molecule has 0 saturated heterocycles. The highest BCUT2D eigenvalue weighted by Crippen LogP contribution is 2.38. The standard InChI is InChI=1S/C15H14N4O6/c1-23-11-4-9(10(19(21)22)5-12(11)24-2)18-7-8(6-16)13(17)14(18)15(20)25-3/h4-5,7H,17H2,1-3H3. The predicted molar refractivity (Wildman–Crippen MR) is 86.0 cm³/mol. The number of carbonyl (C=O) groups excluding carboxylic acids is 1. The fraction of sp³-hybridized carbons (Fsp3) is 0.200. The third-order valence-corrected chi connectivity index (χ3v) is 3.48. The first-order valence-electron chi connectivity index (χ1n) is 6.79. The third-order valence-electron chi connectivity index (χ3n) is 3.48. The lowest BCUT2D eigenvalue weighted by Gasteiger charge is -2.13. The molecule has 1 heterocycles. The smallest absolute Gasteiger partial charge is 0.357 e. The van der Waals surface area contributed by atoms with Gasteiger partial charge >= 0.3 is 5.97 Å². The number of benzene rings is 1. The van der Waals surface area contributed by atoms with Crippen LogP contribution in [0.15, 0.2) is 18.3 Å². The van der Waals surface area contributed by atoms with Crippen molar-refractivity contribution in [1.29, 1.82) is 5.26 Å². The van der Waals surface area contributed by atoms with Gasteiger partial charge in [0, 0.05) is 12.3 Å². The second-order valence-electron chi connectivity index (χ2n) is 4.73. The van der Waals surface area contributed by atoms with Gasteiger partial charge in [-0.3, -0.25) is 10.1 Å². The maximum Gasteiger partial charge on any atom is 0.357 e. The van der Waals surface area contributed by atoms with E-state index < -0.39 is 10.9 Å². The van der Waals surface area contributed by atoms with Crippen LogP contribution in [0.2, 0.25) is 0 Å². The lowest BCUT2D eigenvalue weighted by atomic mass is 10.2. The lowest BCUT2D eigenvalue weighted by Crippen LogP contribution is -2.12. The van der Waals surface area contributed by atoms with Crippen molar-refractivity contribution >= 4 is 17.3 Å². The first kappa shape index (κ1) is 17.6. The quantitative estimate of drug-likeness (QED) is 0.489. The van der Waals surface area contributed by atoms with Crippen LogP contribution < -0.4 is 15.2 Å². The van der Waals surface area contributed by atoms with Gasteiger partial charge in [0.2, 0.25) is 0 Å². The number of carbonyl (C=O) groups is 1. The average Bonchev–Trinajstić information content (AvgIpc) is 2.95. The van der Waals surface area contributed by atoms with E-state index in [9.17, 15) is 14.9 Å². The molecule has 0 fully saturated rings. The number of anilines is 1. The molecule has 10 heteroatoms. The summed E-state index contributed by atoms with van der Waals surface area (Å²) < 4.78 is 16.0. The number of hydrogen-bond donors (Lipinski definition) is 1. The number of methoxy groups -OCH3 is 3. The van der Waals surface area contributed by atoms with E-state index in [0.29, 0.717) is 0 Å². The zero-order chi connectivity index (χ0) is 18.7. The van der Waals surface area contributed by atoms with Crippen molar-refractivity contribution in [2.45, 2.75) is 0 Å². The molecule has 2 N–H and O–H groups in total. The number of hydrogen-bond acceptors (Lipinski definition) is 8. The Hall–Kier alpha value is -3.74. The van der Waals surface area contributed by atoms with Gasteiger partial charge in [-0.1, -0.05) is 0 Å². The molecule has 0 amide bonds. The molecule has 0 unspecified atom stereocenters. The first-order valence-corrected chi connectivity index (χ1v) is 6.79. The highest BCUT2D eigenvalue weighted by molar-refractivity contribution is 5.96. The van der Waals surface area contributed by atoms with E-state index >= 15 is 0 Å². The summed E-state index contributed by atoms with van der Waals surface area (Å²) in [5.74, 6) is -0.508. The van der Waals surface area contributed by atoms with Crippen LogP contribution in [0.5, 0.6) is 11.5 Å². The van der Waals surface area contributed by atoms with Crippen LogP contribution in [-0.2, 0) is 4.74 Å². The van der Waals surface area contributed by atoms with Crippen molar-refractivity contribution in [3.8, 4) is 23.3 Å². The Kier molecular flexibility index (Phi) is 4.79. The summed E-state index contributed by atoms with van der Waals surface area (Å²) in [6.45, 7) is 0. The Morgan fingerprint density at radius 1 is 1.28 bits per heavy atom. The van der Waals surface area contributed by atoms with E-state index in [1.165, 1.54) is 26.5 Å². The van der Waals surface area contributed by atoms with Gasteiger partial charge in [0.05, 0.1) is 43.6 Å². The Morgan fingerprint density at radius 3 is 2.36 bits per heavy atom. The average molecular weight is 346 g/mol. The molecule has 0 bridgehead atoms. The van der Waals surface area contributed by atoms with E-state index in [-0.39, 0.29) is 39.8 Å². The van der Waals surface area contributed by atoms with Gasteiger partial charge in [0.15, 0.2) is 17.2 Å². The zero-order valence-electron chi connectivity index (χ0n) is 13.6. The molecule has 0 aliphatic rings. The van der Waals surface area contributed by atoms with Crippen molar-refractivity contribution in [2.24, 2.45) is 0 Å². The van der Waals surface area contributed by atoms with E-state index in [2.05, 4.69) is 4.74 Å². The molecule has 10 nitrogen and oxygen atoms in total. The normalized spacial score (nSPS) is 10.0. The number of nitrogen functional groups attached to an aromatic ring is 1. The molecule has 2 aromatic rings. The third kappa shape index (κ3) is 2.90. The van der Waals surface area contributed by atoms with E-state index in [4.69, 9.17) is 20.5 Å². The van der Waals surface area contributed by atoms with Crippen LogP contribution in [0, 0.1) is 21.4 Å². The first-order chi connectivity index (χ1) is 11.9. The number of nitro groups is 1. The molecule has 130 valence electrons. The van der Waals surface area contributed by atoms with E-state index in [1.54, 1.807) is 0 Å². The van der Waals surface area contributed by atoms with E-state index in [0.717, 1.165) is 17.7 Å². The van der Waals surface area contributed by atoms with Crippen LogP contribution >= 0.6 is 0 Å². The van der Waals surface area contributed by atoms with Gasteiger partial charge in [-0.05, 0) is 0 Å². The molecule has 25 heavy (non-hydrogen) atoms. The summed E-state index contributed by atoms with van der Waals surface area (Å²) in [5, 5.41) is 20.6. The summed E-state index contributed by atoms with van der Waals surface area (Å²) in [4.78, 5) is 22.9. The number of nitriles is 1. The number of ether oxygens (including phenoxy) is 3. The van der Waals surface area contributed by atoms with Crippen molar-refractivity contribution in [2.75, 3.05) is 27.1 Å². The number of rotatable bonds is 5. The highest BCUT2D eigenvalue weighted by Gasteiger charge is 2.28. The summed E-state index contributed by atoms with van der Waals surface area (Å²) in [6.07, 6.45) is 1.22. The van der Waals surface area contributed by atoms with Gasteiger partial charge < -0.3 is 24.5 Å². The molecule has 0 spiro atoms. The molecular weight excluding hydrogens is 332 g/mol. The minimum absolute atomic E-state index is 0.0236. The van der Waals surface area contributed by atoms with Crippen molar-refractivity contribution in [1.82, 2.24) is 4.57 Å². The van der Waals surface area contributed by atoms with Crippen LogP contribution in [0.1, 0.15) is 16.1 Å². The topological polar surface area (TPSA) is 143 Å². The minimum atomic E-state index is -0.844. The molecule has 0 saturated carbocycles. The zero-order valence-corrected chi connectivity index (χ0v) is 13.6. The number of nitrogens with zero attached hydrogens (tertiary/aromatic N) is 3. The Morgan fingerprint density at radius 2 is 1.88 bits per heavy atom. The molecule has 0 aliphatic carbocycles. The molecule has 1 aromatic heterocycles. The predicted octanol–water partition coefficient (Wildman–Crippen LogP) is 1.64. The van der Waals surface area contributed by atoms with Gasteiger partial charge in [0.1, 0.15) is 11.8 Å².